The molecule has 182 valence electrons. The topological polar surface area (TPSA) is 124 Å². The molecule has 5 rings (SSSR count). The fourth-order valence-corrected chi connectivity index (χ4v) is 4.36. The van der Waals surface area contributed by atoms with E-state index in [0.717, 1.165) is 28.8 Å². The van der Waals surface area contributed by atoms with Crippen LogP contribution in [0.5, 0.6) is 0 Å². The second kappa shape index (κ2) is 9.71. The van der Waals surface area contributed by atoms with E-state index in [2.05, 4.69) is 45.2 Å². The quantitative estimate of drug-likeness (QED) is 0.354. The number of fused-ring (bicyclic) bond motifs is 1. The number of rotatable bonds is 7. The van der Waals surface area contributed by atoms with E-state index in [1.165, 1.54) is 11.9 Å². The van der Waals surface area contributed by atoms with Crippen molar-refractivity contribution < 1.29 is 0 Å². The van der Waals surface area contributed by atoms with Gasteiger partial charge in [-0.3, -0.25) is 4.90 Å². The number of nitrogens with two attached hydrogens (primary N) is 2. The molecule has 0 amide bonds. The normalized spacial score (nSPS) is 13.0. The molecule has 36 heavy (non-hydrogen) atoms. The van der Waals surface area contributed by atoms with Gasteiger partial charge in [-0.1, -0.05) is 61.5 Å². The van der Waals surface area contributed by atoms with E-state index in [1.807, 2.05) is 61.3 Å². The Kier molecular flexibility index (Phi) is 6.30. The number of anilines is 3. The smallest absolute Gasteiger partial charge is 0.234 e. The average molecular weight is 480 g/mol. The fraction of sp³-hybridized carbons (Fsp3) is 0.222. The van der Waals surface area contributed by atoms with Gasteiger partial charge in [0.25, 0.3) is 0 Å². The average Bonchev–Trinajstić information content (AvgIpc) is 3.37. The van der Waals surface area contributed by atoms with Crippen molar-refractivity contribution in [2.45, 2.75) is 32.2 Å². The first-order valence-electron chi connectivity index (χ1n) is 11.9. The number of aromatic nitrogens is 6. The second-order valence-corrected chi connectivity index (χ2v) is 9.04. The van der Waals surface area contributed by atoms with Gasteiger partial charge < -0.3 is 11.5 Å². The third kappa shape index (κ3) is 4.60. The van der Waals surface area contributed by atoms with E-state index >= 15 is 0 Å². The zero-order valence-corrected chi connectivity index (χ0v) is 20.6. The van der Waals surface area contributed by atoms with Gasteiger partial charge in [0.2, 0.25) is 11.9 Å². The SMILES string of the molecule is CC(N)c1cccc(CC(C)c2cnc(N)nc2N(C)c2nc(-c3ccccc3)cc3ncnn23)c1. The molecule has 0 spiro atoms. The lowest BCUT2D eigenvalue weighted by molar-refractivity contribution is 0.739. The third-order valence-corrected chi connectivity index (χ3v) is 6.30. The molecule has 5 aromatic rings. The van der Waals surface area contributed by atoms with Gasteiger partial charge in [-0.05, 0) is 30.4 Å². The fourth-order valence-electron chi connectivity index (χ4n) is 4.36. The van der Waals surface area contributed by atoms with Crippen molar-refractivity contribution in [3.05, 3.63) is 89.9 Å². The lowest BCUT2D eigenvalue weighted by atomic mass is 9.93. The summed E-state index contributed by atoms with van der Waals surface area (Å²) in [4.78, 5) is 20.2. The molecule has 9 heteroatoms. The van der Waals surface area contributed by atoms with Gasteiger partial charge >= 0.3 is 0 Å². The monoisotopic (exact) mass is 479 g/mol. The maximum atomic E-state index is 6.10. The summed E-state index contributed by atoms with van der Waals surface area (Å²) in [7, 11) is 1.91. The van der Waals surface area contributed by atoms with Crippen molar-refractivity contribution >= 4 is 23.4 Å². The van der Waals surface area contributed by atoms with Gasteiger partial charge in [-0.25, -0.2) is 15.0 Å². The Bertz CT molecular complexity index is 1490. The van der Waals surface area contributed by atoms with E-state index in [-0.39, 0.29) is 17.9 Å². The van der Waals surface area contributed by atoms with Gasteiger partial charge in [-0.15, -0.1) is 0 Å². The molecule has 0 bridgehead atoms. The highest BCUT2D eigenvalue weighted by molar-refractivity contribution is 5.68. The Balaban J connectivity index is 1.55. The van der Waals surface area contributed by atoms with Crippen LogP contribution in [0.15, 0.2) is 73.2 Å². The Morgan fingerprint density at radius 3 is 2.56 bits per heavy atom. The molecular weight excluding hydrogens is 450 g/mol. The summed E-state index contributed by atoms with van der Waals surface area (Å²) in [5.41, 5.74) is 17.9. The summed E-state index contributed by atoms with van der Waals surface area (Å²) in [5.74, 6) is 1.55. The minimum atomic E-state index is -0.0186. The maximum Gasteiger partial charge on any atom is 0.234 e. The number of hydrogen-bond acceptors (Lipinski definition) is 8. The van der Waals surface area contributed by atoms with Gasteiger partial charge in [0.05, 0.1) is 5.69 Å². The first-order chi connectivity index (χ1) is 17.4. The van der Waals surface area contributed by atoms with E-state index in [4.69, 9.17) is 16.5 Å². The molecule has 2 aromatic carbocycles. The number of nitrogen functional groups attached to an aromatic ring is 1. The summed E-state index contributed by atoms with van der Waals surface area (Å²) in [6.45, 7) is 4.15. The van der Waals surface area contributed by atoms with Gasteiger partial charge in [0.1, 0.15) is 12.1 Å². The molecule has 4 N–H and O–H groups in total. The zero-order chi connectivity index (χ0) is 25.2. The number of nitrogens with zero attached hydrogens (tertiary/aromatic N) is 7. The molecule has 3 aromatic heterocycles. The third-order valence-electron chi connectivity index (χ3n) is 6.30. The van der Waals surface area contributed by atoms with Crippen LogP contribution in [0.1, 0.15) is 42.5 Å². The summed E-state index contributed by atoms with van der Waals surface area (Å²) in [6, 6.07) is 20.3. The van der Waals surface area contributed by atoms with Crippen LogP contribution in [0.3, 0.4) is 0 Å². The van der Waals surface area contributed by atoms with Crippen molar-refractivity contribution in [2.24, 2.45) is 5.73 Å². The Hall–Kier alpha value is -4.37. The van der Waals surface area contributed by atoms with Crippen LogP contribution in [0.4, 0.5) is 17.7 Å². The van der Waals surface area contributed by atoms with Crippen molar-refractivity contribution in [3.8, 4) is 11.3 Å². The molecule has 2 unspecified atom stereocenters. The molecule has 3 heterocycles. The van der Waals surface area contributed by atoms with Crippen molar-refractivity contribution in [2.75, 3.05) is 17.7 Å². The molecule has 2 atom stereocenters. The molecule has 0 saturated heterocycles. The zero-order valence-electron chi connectivity index (χ0n) is 20.6. The van der Waals surface area contributed by atoms with Gasteiger partial charge in [0.15, 0.2) is 5.65 Å². The van der Waals surface area contributed by atoms with Crippen LogP contribution >= 0.6 is 0 Å². The molecule has 0 saturated carbocycles. The van der Waals surface area contributed by atoms with Crippen molar-refractivity contribution in [1.82, 2.24) is 29.5 Å². The van der Waals surface area contributed by atoms with Crippen LogP contribution < -0.4 is 16.4 Å². The summed E-state index contributed by atoms with van der Waals surface area (Å²) in [6.07, 6.45) is 4.12. The summed E-state index contributed by atoms with van der Waals surface area (Å²) >= 11 is 0. The highest BCUT2D eigenvalue weighted by atomic mass is 15.4. The van der Waals surface area contributed by atoms with Gasteiger partial charge in [-0.2, -0.15) is 14.6 Å². The van der Waals surface area contributed by atoms with E-state index in [0.29, 0.717) is 17.4 Å². The molecule has 0 fully saturated rings. The number of hydrogen-bond donors (Lipinski definition) is 2. The second-order valence-electron chi connectivity index (χ2n) is 9.04. The Morgan fingerprint density at radius 1 is 0.972 bits per heavy atom. The van der Waals surface area contributed by atoms with Crippen LogP contribution in [0, 0.1) is 0 Å². The molecule has 0 aliphatic carbocycles. The minimum Gasteiger partial charge on any atom is -0.368 e. The first-order valence-corrected chi connectivity index (χ1v) is 11.9. The lowest BCUT2D eigenvalue weighted by Crippen LogP contribution is -2.21. The van der Waals surface area contributed by atoms with Crippen LogP contribution in [-0.4, -0.2) is 36.6 Å². The Labute approximate surface area is 209 Å². The van der Waals surface area contributed by atoms with Crippen LogP contribution in [0.2, 0.25) is 0 Å². The van der Waals surface area contributed by atoms with Crippen molar-refractivity contribution in [3.63, 3.8) is 0 Å². The Morgan fingerprint density at radius 2 is 1.78 bits per heavy atom. The highest BCUT2D eigenvalue weighted by Crippen LogP contribution is 2.32. The van der Waals surface area contributed by atoms with Crippen molar-refractivity contribution in [1.29, 1.82) is 0 Å². The molecular formula is C27H29N9. The van der Waals surface area contributed by atoms with Gasteiger partial charge in [0, 0.05) is 36.5 Å². The summed E-state index contributed by atoms with van der Waals surface area (Å²) < 4.78 is 1.70. The molecule has 9 nitrogen and oxygen atoms in total. The number of benzene rings is 2. The highest BCUT2D eigenvalue weighted by Gasteiger charge is 2.22. The van der Waals surface area contributed by atoms with E-state index < -0.39 is 0 Å². The maximum absolute atomic E-state index is 6.10. The molecule has 0 aliphatic heterocycles. The predicted octanol–water partition coefficient (Wildman–Crippen LogP) is 4.30. The lowest BCUT2D eigenvalue weighted by Gasteiger charge is -2.24. The van der Waals surface area contributed by atoms with E-state index in [1.54, 1.807) is 10.7 Å². The molecule has 0 radical (unpaired) electrons. The predicted molar refractivity (Wildman–Crippen MR) is 142 cm³/mol. The standard InChI is InChI=1S/C27H29N9/c1-17(12-19-8-7-11-21(13-19)18(2)28)22-15-30-26(29)34-25(22)35(3)27-33-23(20-9-5-4-6-10-20)14-24-31-16-32-36(24)27/h4-11,13-18H,12,28H2,1-3H3,(H2,29,30,34). The van der Waals surface area contributed by atoms with E-state index in [9.17, 15) is 0 Å². The largest absolute Gasteiger partial charge is 0.368 e. The first kappa shape index (κ1) is 23.4. The summed E-state index contributed by atoms with van der Waals surface area (Å²) in [5, 5.41) is 4.41. The minimum absolute atomic E-state index is 0.0186. The van der Waals surface area contributed by atoms with Crippen LogP contribution in [0.25, 0.3) is 16.9 Å². The van der Waals surface area contributed by atoms with Crippen LogP contribution in [-0.2, 0) is 6.42 Å². The molecule has 0 aliphatic rings.